The quantitative estimate of drug-likeness (QED) is 0.236. The Bertz CT molecular complexity index is 454. The van der Waals surface area contributed by atoms with Crippen molar-refractivity contribution in [2.45, 2.75) is 123 Å². The van der Waals surface area contributed by atoms with Crippen LogP contribution in [0.3, 0.4) is 0 Å². The van der Waals surface area contributed by atoms with Gasteiger partial charge in [-0.3, -0.25) is 0 Å². The summed E-state index contributed by atoms with van der Waals surface area (Å²) in [6, 6.07) is 0. The molecular weight excluding hydrogens is 473 g/mol. The van der Waals surface area contributed by atoms with Gasteiger partial charge in [0, 0.05) is 0 Å². The van der Waals surface area contributed by atoms with Crippen LogP contribution in [0.5, 0.6) is 0 Å². The molecule has 0 spiro atoms. The Labute approximate surface area is 184 Å². The summed E-state index contributed by atoms with van der Waals surface area (Å²) in [4.78, 5) is 27.4. The average Bonchev–Trinajstić information content (AvgIpc) is 2.65. The zero-order valence-electron chi connectivity index (χ0n) is 20.4. The van der Waals surface area contributed by atoms with E-state index in [-0.39, 0.29) is 4.06 Å². The molecule has 6 heteroatoms. The number of imide groups is 1. The Balaban J connectivity index is 6.29. The van der Waals surface area contributed by atoms with Crippen LogP contribution in [0, 0.1) is 0 Å². The first-order chi connectivity index (χ1) is 13.6. The van der Waals surface area contributed by atoms with E-state index in [4.69, 9.17) is 9.47 Å². The third-order valence-electron chi connectivity index (χ3n) is 5.63. The number of unbranched alkanes of at least 4 members (excludes halogenated alkanes) is 3. The number of amides is 2. The average molecular weight is 520 g/mol. The van der Waals surface area contributed by atoms with E-state index in [0.717, 1.165) is 32.1 Å². The Morgan fingerprint density at radius 1 is 0.828 bits per heavy atom. The van der Waals surface area contributed by atoms with Crippen LogP contribution in [0.1, 0.15) is 99.8 Å². The number of hydrogen-bond donors (Lipinski definition) is 0. The molecule has 172 valence electrons. The Hall–Kier alpha value is -0.461. The SMILES string of the molecule is CCC[CH2][Sn]([CH2]CCC)([CH2]CCC)[CH](CCC)N(C(=O)OC)C(=O)OC(C)(C)C. The zero-order valence-corrected chi connectivity index (χ0v) is 23.3. The first kappa shape index (κ1) is 28.5. The molecule has 0 bridgehead atoms. The maximum atomic E-state index is 13.2. The van der Waals surface area contributed by atoms with Gasteiger partial charge in [0.1, 0.15) is 0 Å². The first-order valence-corrected chi connectivity index (χ1v) is 19.4. The van der Waals surface area contributed by atoms with Crippen LogP contribution >= 0.6 is 0 Å². The van der Waals surface area contributed by atoms with Gasteiger partial charge in [0.15, 0.2) is 0 Å². The Kier molecular flexibility index (Phi) is 14.3. The third kappa shape index (κ3) is 9.93. The molecule has 0 radical (unpaired) electrons. The fraction of sp³-hybridized carbons (Fsp3) is 0.913. The first-order valence-electron chi connectivity index (χ1n) is 11.7. The minimum atomic E-state index is -2.92. The molecule has 29 heavy (non-hydrogen) atoms. The van der Waals surface area contributed by atoms with Crippen molar-refractivity contribution in [3.05, 3.63) is 0 Å². The summed E-state index contributed by atoms with van der Waals surface area (Å²) in [7, 11) is 1.37. The van der Waals surface area contributed by atoms with Crippen molar-refractivity contribution in [1.29, 1.82) is 0 Å². The molecule has 0 saturated heterocycles. The van der Waals surface area contributed by atoms with E-state index in [1.165, 1.54) is 44.6 Å². The van der Waals surface area contributed by atoms with Gasteiger partial charge in [0.05, 0.1) is 0 Å². The summed E-state index contributed by atoms with van der Waals surface area (Å²) in [5, 5.41) is 0. The second-order valence-corrected chi connectivity index (χ2v) is 23.3. The van der Waals surface area contributed by atoms with Gasteiger partial charge < -0.3 is 0 Å². The number of carbonyl (C=O) groups excluding carboxylic acids is 2. The van der Waals surface area contributed by atoms with E-state index in [2.05, 4.69) is 27.7 Å². The van der Waals surface area contributed by atoms with E-state index in [1.54, 1.807) is 0 Å². The second kappa shape index (κ2) is 14.5. The molecule has 2 amide bonds. The molecule has 0 N–H and O–H groups in total. The molecule has 0 aromatic carbocycles. The van der Waals surface area contributed by atoms with Crippen molar-refractivity contribution in [3.63, 3.8) is 0 Å². The van der Waals surface area contributed by atoms with E-state index in [1.807, 2.05) is 20.8 Å². The summed E-state index contributed by atoms with van der Waals surface area (Å²) < 4.78 is 14.5. The molecule has 5 nitrogen and oxygen atoms in total. The maximum absolute atomic E-state index is 13.2. The van der Waals surface area contributed by atoms with Crippen LogP contribution in [0.15, 0.2) is 0 Å². The topological polar surface area (TPSA) is 55.8 Å². The number of nitrogens with zero attached hydrogens (tertiary/aromatic N) is 1. The van der Waals surface area contributed by atoms with E-state index >= 15 is 0 Å². The third-order valence-corrected chi connectivity index (χ3v) is 22.8. The molecule has 0 aliphatic carbocycles. The van der Waals surface area contributed by atoms with E-state index in [9.17, 15) is 9.59 Å². The molecule has 0 saturated carbocycles. The number of rotatable bonds is 13. The summed E-state index contributed by atoms with van der Waals surface area (Å²) >= 11 is -2.92. The van der Waals surface area contributed by atoms with Crippen molar-refractivity contribution in [3.8, 4) is 0 Å². The molecule has 0 rings (SSSR count). The van der Waals surface area contributed by atoms with Crippen molar-refractivity contribution in [1.82, 2.24) is 4.90 Å². The van der Waals surface area contributed by atoms with Gasteiger partial charge in [0.2, 0.25) is 0 Å². The van der Waals surface area contributed by atoms with Crippen molar-refractivity contribution in [2.75, 3.05) is 7.11 Å². The van der Waals surface area contributed by atoms with Crippen LogP contribution in [-0.4, -0.2) is 52.2 Å². The number of ether oxygens (including phenoxy) is 2. The van der Waals surface area contributed by atoms with Gasteiger partial charge >= 0.3 is 184 Å². The predicted molar refractivity (Wildman–Crippen MR) is 124 cm³/mol. The standard InChI is InChI=1S/C11H20NO4.3C4H9.Sn/c1-6-7-8-12(9(13)15-5)10(14)16-11(2,3)4;3*1-3-4-2;/h8H,6-7H2,1-5H3;3*1,3-4H2,2H3;. The van der Waals surface area contributed by atoms with Gasteiger partial charge in [-0.25, -0.2) is 0 Å². The van der Waals surface area contributed by atoms with Crippen LogP contribution < -0.4 is 0 Å². The fourth-order valence-electron chi connectivity index (χ4n) is 4.18. The van der Waals surface area contributed by atoms with Gasteiger partial charge in [-0.2, -0.15) is 0 Å². The van der Waals surface area contributed by atoms with Crippen LogP contribution in [0.2, 0.25) is 13.3 Å². The monoisotopic (exact) mass is 521 g/mol. The summed E-state index contributed by atoms with van der Waals surface area (Å²) in [5.74, 6) is 0. The molecule has 0 aliphatic heterocycles. The molecule has 0 aromatic heterocycles. The summed E-state index contributed by atoms with van der Waals surface area (Å²) in [6.45, 7) is 14.4. The Morgan fingerprint density at radius 3 is 1.59 bits per heavy atom. The number of methoxy groups -OCH3 is 1. The zero-order chi connectivity index (χ0) is 22.5. The van der Waals surface area contributed by atoms with Crippen molar-refractivity contribution < 1.29 is 19.1 Å². The molecule has 0 heterocycles. The predicted octanol–water partition coefficient (Wildman–Crippen LogP) is 7.55. The number of hydrogen-bond acceptors (Lipinski definition) is 4. The minimum absolute atomic E-state index is 0.00116. The van der Waals surface area contributed by atoms with Gasteiger partial charge in [-0.1, -0.05) is 0 Å². The van der Waals surface area contributed by atoms with Gasteiger partial charge in [-0.05, 0) is 0 Å². The molecule has 0 fully saturated rings. The number of carbonyl (C=O) groups is 2. The summed E-state index contributed by atoms with van der Waals surface area (Å²) in [6.07, 6.45) is 7.75. The van der Waals surface area contributed by atoms with Crippen molar-refractivity contribution >= 4 is 30.6 Å². The van der Waals surface area contributed by atoms with Crippen LogP contribution in [0.25, 0.3) is 0 Å². The molecule has 0 aromatic rings. The molecule has 1 atom stereocenters. The van der Waals surface area contributed by atoms with E-state index in [0.29, 0.717) is 0 Å². The van der Waals surface area contributed by atoms with Gasteiger partial charge in [-0.15, -0.1) is 0 Å². The summed E-state index contributed by atoms with van der Waals surface area (Å²) in [5.41, 5.74) is -0.644. The van der Waals surface area contributed by atoms with E-state index < -0.39 is 36.2 Å². The molecule has 0 aliphatic rings. The van der Waals surface area contributed by atoms with Crippen LogP contribution in [0.4, 0.5) is 9.59 Å². The Morgan fingerprint density at radius 2 is 1.28 bits per heavy atom. The fourth-order valence-corrected chi connectivity index (χ4v) is 23.0. The van der Waals surface area contributed by atoms with Crippen LogP contribution in [-0.2, 0) is 9.47 Å². The molecule has 1 unspecified atom stereocenters. The second-order valence-electron chi connectivity index (χ2n) is 9.30. The van der Waals surface area contributed by atoms with Gasteiger partial charge in [0.25, 0.3) is 0 Å². The van der Waals surface area contributed by atoms with Crippen molar-refractivity contribution in [2.24, 2.45) is 0 Å². The molecular formula is C23H47NO4Sn. The normalized spacial score (nSPS) is 13.1.